The molecule has 0 spiro atoms. The summed E-state index contributed by atoms with van der Waals surface area (Å²) in [4.78, 5) is 0. The van der Waals surface area contributed by atoms with Gasteiger partial charge in [0.1, 0.15) is 5.75 Å². The predicted octanol–water partition coefficient (Wildman–Crippen LogP) is 6.16. The van der Waals surface area contributed by atoms with Crippen LogP contribution in [-0.2, 0) is 4.74 Å². The van der Waals surface area contributed by atoms with Crippen molar-refractivity contribution in [3.63, 3.8) is 0 Å². The lowest BCUT2D eigenvalue weighted by atomic mass is 9.88. The van der Waals surface area contributed by atoms with Crippen molar-refractivity contribution >= 4 is 0 Å². The Kier molecular flexibility index (Phi) is 6.95. The number of ether oxygens (including phenoxy) is 2. The second-order valence-electron chi connectivity index (χ2n) is 7.54. The highest BCUT2D eigenvalue weighted by molar-refractivity contribution is 5.29. The van der Waals surface area contributed by atoms with Crippen molar-refractivity contribution in [1.29, 1.82) is 0 Å². The summed E-state index contributed by atoms with van der Waals surface area (Å²) in [5.41, 5.74) is 1.38. The van der Waals surface area contributed by atoms with Gasteiger partial charge in [0.15, 0.2) is 0 Å². The molecule has 0 saturated heterocycles. The van der Waals surface area contributed by atoms with Crippen molar-refractivity contribution in [3.05, 3.63) is 29.8 Å². The average Bonchev–Trinajstić information content (AvgIpc) is 2.56. The molecule has 1 fully saturated rings. The summed E-state index contributed by atoms with van der Waals surface area (Å²) in [5, 5.41) is 0. The van der Waals surface area contributed by atoms with Gasteiger partial charge in [0.25, 0.3) is 0 Å². The molecular weight excluding hydrogens is 284 g/mol. The van der Waals surface area contributed by atoms with Gasteiger partial charge in [0, 0.05) is 5.92 Å². The van der Waals surface area contributed by atoms with Gasteiger partial charge in [-0.25, -0.2) is 0 Å². The molecule has 4 unspecified atom stereocenters. The molecular formula is C21H34O2. The first-order valence-electron chi connectivity index (χ1n) is 9.43. The van der Waals surface area contributed by atoms with E-state index in [0.29, 0.717) is 23.9 Å². The second kappa shape index (κ2) is 8.73. The molecule has 0 bridgehead atoms. The molecule has 1 aromatic carbocycles. The molecule has 0 N–H and O–H groups in total. The third-order valence-electron chi connectivity index (χ3n) is 5.20. The summed E-state index contributed by atoms with van der Waals surface area (Å²) in [5.74, 6) is 2.50. The molecule has 23 heavy (non-hydrogen) atoms. The summed E-state index contributed by atoms with van der Waals surface area (Å²) in [6.07, 6.45) is 6.41. The van der Waals surface area contributed by atoms with Crippen LogP contribution in [0.25, 0.3) is 0 Å². The molecule has 2 rings (SSSR count). The monoisotopic (exact) mass is 318 g/mol. The maximum Gasteiger partial charge on any atom is 0.202 e. The van der Waals surface area contributed by atoms with Crippen LogP contribution in [0.4, 0.5) is 0 Å². The number of rotatable bonds is 7. The van der Waals surface area contributed by atoms with E-state index in [1.807, 2.05) is 0 Å². The summed E-state index contributed by atoms with van der Waals surface area (Å²) in [6, 6.07) is 8.54. The van der Waals surface area contributed by atoms with Crippen LogP contribution in [0, 0.1) is 11.8 Å². The fraction of sp³-hybridized carbons (Fsp3) is 0.714. The topological polar surface area (TPSA) is 18.5 Å². The normalized spacial score (nSPS) is 24.4. The van der Waals surface area contributed by atoms with Crippen molar-refractivity contribution < 1.29 is 9.47 Å². The molecule has 0 amide bonds. The van der Waals surface area contributed by atoms with Gasteiger partial charge in [-0.1, -0.05) is 59.6 Å². The van der Waals surface area contributed by atoms with E-state index in [1.54, 1.807) is 0 Å². The van der Waals surface area contributed by atoms with E-state index in [1.165, 1.54) is 31.2 Å². The Morgan fingerprint density at radius 1 is 1.04 bits per heavy atom. The average molecular weight is 319 g/mol. The Balaban J connectivity index is 1.98. The second-order valence-corrected chi connectivity index (χ2v) is 7.54. The summed E-state index contributed by atoms with van der Waals surface area (Å²) >= 11 is 0. The molecule has 0 heterocycles. The van der Waals surface area contributed by atoms with Crippen molar-refractivity contribution in [1.82, 2.24) is 0 Å². The van der Waals surface area contributed by atoms with Gasteiger partial charge < -0.3 is 9.47 Å². The fourth-order valence-corrected chi connectivity index (χ4v) is 3.22. The van der Waals surface area contributed by atoms with Crippen LogP contribution < -0.4 is 4.74 Å². The van der Waals surface area contributed by atoms with Gasteiger partial charge in [0.05, 0.1) is 6.10 Å². The van der Waals surface area contributed by atoms with Gasteiger partial charge in [-0.15, -0.1) is 0 Å². The zero-order valence-electron chi connectivity index (χ0n) is 15.5. The summed E-state index contributed by atoms with van der Waals surface area (Å²) in [7, 11) is 0. The van der Waals surface area contributed by atoms with Gasteiger partial charge in [-0.3, -0.25) is 0 Å². The predicted molar refractivity (Wildman–Crippen MR) is 96.9 cm³/mol. The van der Waals surface area contributed by atoms with Crippen molar-refractivity contribution in [2.75, 3.05) is 0 Å². The Morgan fingerprint density at radius 3 is 2.26 bits per heavy atom. The van der Waals surface area contributed by atoms with Crippen molar-refractivity contribution in [2.45, 2.75) is 85.0 Å². The van der Waals surface area contributed by atoms with Crippen LogP contribution in [0.3, 0.4) is 0 Å². The lowest BCUT2D eigenvalue weighted by molar-refractivity contribution is -0.162. The lowest BCUT2D eigenvalue weighted by Crippen LogP contribution is -2.36. The highest BCUT2D eigenvalue weighted by Crippen LogP contribution is 2.29. The first kappa shape index (κ1) is 18.3. The molecule has 0 radical (unpaired) electrons. The summed E-state index contributed by atoms with van der Waals surface area (Å²) < 4.78 is 12.5. The van der Waals surface area contributed by atoms with Gasteiger partial charge in [-0.05, 0) is 48.8 Å². The summed E-state index contributed by atoms with van der Waals surface area (Å²) in [6.45, 7) is 11.1. The van der Waals surface area contributed by atoms with Gasteiger partial charge in [0.2, 0.25) is 6.29 Å². The molecule has 0 aliphatic heterocycles. The maximum atomic E-state index is 6.35. The molecule has 4 atom stereocenters. The standard InChI is InChI=1S/C21H34O2/c1-6-16(4)18-11-13-19(14-12-18)22-21(15(2)3)23-20-10-8-7-9-17(20)5/h11-17,20-21H,6-10H2,1-5H3. The Morgan fingerprint density at radius 2 is 1.70 bits per heavy atom. The van der Waals surface area contributed by atoms with Crippen LogP contribution in [0.5, 0.6) is 5.75 Å². The number of hydrogen-bond acceptors (Lipinski definition) is 2. The van der Waals surface area contributed by atoms with E-state index in [4.69, 9.17) is 9.47 Å². The minimum atomic E-state index is -0.157. The zero-order chi connectivity index (χ0) is 16.8. The number of hydrogen-bond donors (Lipinski definition) is 0. The fourth-order valence-electron chi connectivity index (χ4n) is 3.22. The van der Waals surface area contributed by atoms with E-state index >= 15 is 0 Å². The zero-order valence-corrected chi connectivity index (χ0v) is 15.5. The van der Waals surface area contributed by atoms with Crippen LogP contribution >= 0.6 is 0 Å². The maximum absolute atomic E-state index is 6.35. The largest absolute Gasteiger partial charge is 0.465 e. The van der Waals surface area contributed by atoms with E-state index in [0.717, 1.165) is 12.2 Å². The van der Waals surface area contributed by atoms with E-state index < -0.39 is 0 Å². The quantitative estimate of drug-likeness (QED) is 0.561. The molecule has 2 heteroatoms. The molecule has 2 nitrogen and oxygen atoms in total. The highest BCUT2D eigenvalue weighted by Gasteiger charge is 2.27. The molecule has 130 valence electrons. The highest BCUT2D eigenvalue weighted by atomic mass is 16.7. The lowest BCUT2D eigenvalue weighted by Gasteiger charge is -2.33. The van der Waals surface area contributed by atoms with Gasteiger partial charge in [-0.2, -0.15) is 0 Å². The van der Waals surface area contributed by atoms with E-state index in [9.17, 15) is 0 Å². The van der Waals surface area contributed by atoms with Crippen molar-refractivity contribution in [2.24, 2.45) is 11.8 Å². The van der Waals surface area contributed by atoms with Crippen molar-refractivity contribution in [3.8, 4) is 5.75 Å². The minimum Gasteiger partial charge on any atom is -0.465 e. The molecule has 0 aromatic heterocycles. The first-order valence-corrected chi connectivity index (χ1v) is 9.43. The Bertz CT molecular complexity index is 451. The molecule has 1 saturated carbocycles. The Hall–Kier alpha value is -1.02. The molecule has 1 aromatic rings. The van der Waals surface area contributed by atoms with E-state index in [2.05, 4.69) is 58.9 Å². The third kappa shape index (κ3) is 5.24. The smallest absolute Gasteiger partial charge is 0.202 e. The third-order valence-corrected chi connectivity index (χ3v) is 5.20. The van der Waals surface area contributed by atoms with E-state index in [-0.39, 0.29) is 6.29 Å². The van der Waals surface area contributed by atoms with Crippen LogP contribution in [0.15, 0.2) is 24.3 Å². The van der Waals surface area contributed by atoms with Gasteiger partial charge >= 0.3 is 0 Å². The van der Waals surface area contributed by atoms with Crippen LogP contribution in [-0.4, -0.2) is 12.4 Å². The first-order chi connectivity index (χ1) is 11.0. The SMILES string of the molecule is CCC(C)c1ccc(OC(OC2CCCCC2C)C(C)C)cc1. The number of benzene rings is 1. The van der Waals surface area contributed by atoms with Crippen LogP contribution in [0.1, 0.15) is 78.2 Å². The minimum absolute atomic E-state index is 0.157. The Labute approximate surface area is 142 Å². The molecule has 1 aliphatic carbocycles. The van der Waals surface area contributed by atoms with Crippen LogP contribution in [0.2, 0.25) is 0 Å². The molecule has 1 aliphatic rings.